The van der Waals surface area contributed by atoms with Crippen LogP contribution < -0.4 is 14.8 Å². The van der Waals surface area contributed by atoms with Crippen LogP contribution in [-0.2, 0) is 13.2 Å². The molecule has 0 aliphatic heterocycles. The van der Waals surface area contributed by atoms with Crippen LogP contribution in [0.1, 0.15) is 21.5 Å². The van der Waals surface area contributed by atoms with Gasteiger partial charge in [-0.25, -0.2) is 0 Å². The van der Waals surface area contributed by atoms with E-state index >= 15 is 0 Å². The first-order valence-corrected chi connectivity index (χ1v) is 8.42. The molecule has 3 aromatic carbocycles. The fraction of sp³-hybridized carbons (Fsp3) is 0.136. The monoisotopic (exact) mass is 347 g/mol. The first-order chi connectivity index (χ1) is 12.7. The summed E-state index contributed by atoms with van der Waals surface area (Å²) in [6.07, 6.45) is 0. The van der Waals surface area contributed by atoms with E-state index in [1.54, 1.807) is 19.2 Å². The Morgan fingerprint density at radius 1 is 0.808 bits per heavy atom. The van der Waals surface area contributed by atoms with Gasteiger partial charge in [-0.3, -0.25) is 4.79 Å². The molecule has 1 amide bonds. The number of carbonyl (C=O) groups is 1. The number of amides is 1. The van der Waals surface area contributed by atoms with Crippen LogP contribution in [0.25, 0.3) is 0 Å². The summed E-state index contributed by atoms with van der Waals surface area (Å²) in [4.78, 5) is 12.3. The van der Waals surface area contributed by atoms with Crippen LogP contribution in [0.2, 0.25) is 0 Å². The van der Waals surface area contributed by atoms with Crippen LogP contribution in [0.15, 0.2) is 78.9 Å². The van der Waals surface area contributed by atoms with E-state index in [0.29, 0.717) is 18.7 Å². The predicted molar refractivity (Wildman–Crippen MR) is 101 cm³/mol. The van der Waals surface area contributed by atoms with Crippen molar-refractivity contribution in [1.29, 1.82) is 0 Å². The van der Waals surface area contributed by atoms with E-state index in [4.69, 9.17) is 9.47 Å². The number of benzene rings is 3. The first kappa shape index (κ1) is 17.5. The molecule has 26 heavy (non-hydrogen) atoms. The van der Waals surface area contributed by atoms with E-state index in [2.05, 4.69) is 5.32 Å². The van der Waals surface area contributed by atoms with Gasteiger partial charge in [-0.1, -0.05) is 42.5 Å². The minimum Gasteiger partial charge on any atom is -0.497 e. The first-order valence-electron chi connectivity index (χ1n) is 8.42. The molecular formula is C22H21NO3. The lowest BCUT2D eigenvalue weighted by Gasteiger charge is -2.08. The van der Waals surface area contributed by atoms with Gasteiger partial charge in [0.2, 0.25) is 0 Å². The smallest absolute Gasteiger partial charge is 0.251 e. The zero-order valence-electron chi connectivity index (χ0n) is 14.6. The van der Waals surface area contributed by atoms with Crippen molar-refractivity contribution in [2.75, 3.05) is 7.11 Å². The lowest BCUT2D eigenvalue weighted by Crippen LogP contribution is -2.22. The third kappa shape index (κ3) is 4.86. The van der Waals surface area contributed by atoms with Gasteiger partial charge in [-0.05, 0) is 47.5 Å². The highest BCUT2D eigenvalue weighted by atomic mass is 16.5. The standard InChI is InChI=1S/C22H21NO3/c1-25-20-11-7-17(8-12-20)15-23-22(24)19-9-13-21(14-10-19)26-16-18-5-3-2-4-6-18/h2-14H,15-16H2,1H3,(H,23,24). The minimum atomic E-state index is -0.115. The number of hydrogen-bond acceptors (Lipinski definition) is 3. The third-order valence-corrected chi connectivity index (χ3v) is 3.98. The van der Waals surface area contributed by atoms with E-state index in [-0.39, 0.29) is 5.91 Å². The van der Waals surface area contributed by atoms with Crippen LogP contribution in [-0.4, -0.2) is 13.0 Å². The Kier molecular flexibility index (Phi) is 5.88. The molecule has 4 heteroatoms. The van der Waals surface area contributed by atoms with Gasteiger partial charge < -0.3 is 14.8 Å². The van der Waals surface area contributed by atoms with Gasteiger partial charge in [0.25, 0.3) is 5.91 Å². The normalized spacial score (nSPS) is 10.2. The highest BCUT2D eigenvalue weighted by Gasteiger charge is 2.06. The van der Waals surface area contributed by atoms with Crippen molar-refractivity contribution in [3.63, 3.8) is 0 Å². The molecule has 132 valence electrons. The SMILES string of the molecule is COc1ccc(CNC(=O)c2ccc(OCc3ccccc3)cc2)cc1. The van der Waals surface area contributed by atoms with Crippen molar-refractivity contribution in [2.24, 2.45) is 0 Å². The third-order valence-electron chi connectivity index (χ3n) is 3.98. The van der Waals surface area contributed by atoms with E-state index in [0.717, 1.165) is 22.6 Å². The molecule has 0 aromatic heterocycles. The molecule has 4 nitrogen and oxygen atoms in total. The molecule has 0 spiro atoms. The fourth-order valence-corrected chi connectivity index (χ4v) is 2.47. The van der Waals surface area contributed by atoms with Crippen LogP contribution in [0.4, 0.5) is 0 Å². The molecule has 0 heterocycles. The molecule has 3 rings (SSSR count). The Labute approximate surface area is 153 Å². The molecule has 0 bridgehead atoms. The Morgan fingerprint density at radius 2 is 1.46 bits per heavy atom. The Morgan fingerprint density at radius 3 is 2.12 bits per heavy atom. The van der Waals surface area contributed by atoms with Gasteiger partial charge in [0.15, 0.2) is 0 Å². The summed E-state index contributed by atoms with van der Waals surface area (Å²) < 4.78 is 10.9. The molecule has 0 atom stereocenters. The van der Waals surface area contributed by atoms with E-state index in [1.165, 1.54) is 0 Å². The van der Waals surface area contributed by atoms with Crippen molar-refractivity contribution >= 4 is 5.91 Å². The summed E-state index contributed by atoms with van der Waals surface area (Å²) in [5, 5.41) is 2.91. The molecule has 0 unspecified atom stereocenters. The second kappa shape index (κ2) is 8.72. The van der Waals surface area contributed by atoms with Crippen LogP contribution in [0.5, 0.6) is 11.5 Å². The Balaban J connectivity index is 1.51. The van der Waals surface area contributed by atoms with Crippen LogP contribution in [0.3, 0.4) is 0 Å². The van der Waals surface area contributed by atoms with Gasteiger partial charge in [0.05, 0.1) is 7.11 Å². The molecule has 0 saturated carbocycles. The van der Waals surface area contributed by atoms with Crippen molar-refractivity contribution in [2.45, 2.75) is 13.2 Å². The lowest BCUT2D eigenvalue weighted by molar-refractivity contribution is 0.0951. The quantitative estimate of drug-likeness (QED) is 0.697. The summed E-state index contributed by atoms with van der Waals surface area (Å²) in [5.74, 6) is 1.42. The maximum atomic E-state index is 12.3. The van der Waals surface area contributed by atoms with Crippen molar-refractivity contribution in [3.05, 3.63) is 95.6 Å². The van der Waals surface area contributed by atoms with Gasteiger partial charge in [0.1, 0.15) is 18.1 Å². The van der Waals surface area contributed by atoms with Crippen LogP contribution >= 0.6 is 0 Å². The van der Waals surface area contributed by atoms with Crippen molar-refractivity contribution in [1.82, 2.24) is 5.32 Å². The van der Waals surface area contributed by atoms with Crippen molar-refractivity contribution < 1.29 is 14.3 Å². The van der Waals surface area contributed by atoms with Crippen molar-refractivity contribution in [3.8, 4) is 11.5 Å². The maximum absolute atomic E-state index is 12.3. The van der Waals surface area contributed by atoms with Gasteiger partial charge in [-0.15, -0.1) is 0 Å². The number of ether oxygens (including phenoxy) is 2. The van der Waals surface area contributed by atoms with E-state index in [9.17, 15) is 4.79 Å². The summed E-state index contributed by atoms with van der Waals surface area (Å²) in [6, 6.07) is 24.7. The molecule has 0 radical (unpaired) electrons. The summed E-state index contributed by atoms with van der Waals surface area (Å²) in [5.41, 5.74) is 2.72. The minimum absolute atomic E-state index is 0.115. The predicted octanol–water partition coefficient (Wildman–Crippen LogP) is 4.20. The molecular weight excluding hydrogens is 326 g/mol. The molecule has 0 aliphatic rings. The number of carbonyl (C=O) groups excluding carboxylic acids is 1. The lowest BCUT2D eigenvalue weighted by atomic mass is 10.2. The zero-order chi connectivity index (χ0) is 18.2. The van der Waals surface area contributed by atoms with E-state index < -0.39 is 0 Å². The number of rotatable bonds is 7. The second-order valence-electron chi connectivity index (χ2n) is 5.83. The fourth-order valence-electron chi connectivity index (χ4n) is 2.47. The van der Waals surface area contributed by atoms with Gasteiger partial charge >= 0.3 is 0 Å². The average molecular weight is 347 g/mol. The summed E-state index contributed by atoms with van der Waals surface area (Å²) in [6.45, 7) is 0.971. The van der Waals surface area contributed by atoms with Gasteiger partial charge in [-0.2, -0.15) is 0 Å². The highest BCUT2D eigenvalue weighted by Crippen LogP contribution is 2.15. The average Bonchev–Trinajstić information content (AvgIpc) is 2.72. The van der Waals surface area contributed by atoms with Crippen LogP contribution in [0, 0.1) is 0 Å². The molecule has 3 aromatic rings. The maximum Gasteiger partial charge on any atom is 0.251 e. The number of nitrogens with one attached hydrogen (secondary N) is 1. The number of methoxy groups -OCH3 is 1. The largest absolute Gasteiger partial charge is 0.497 e. The summed E-state index contributed by atoms with van der Waals surface area (Å²) in [7, 11) is 1.63. The summed E-state index contributed by atoms with van der Waals surface area (Å²) >= 11 is 0. The van der Waals surface area contributed by atoms with Gasteiger partial charge in [0, 0.05) is 12.1 Å². The Hall–Kier alpha value is -3.27. The molecule has 0 fully saturated rings. The molecule has 0 aliphatic carbocycles. The topological polar surface area (TPSA) is 47.6 Å². The second-order valence-corrected chi connectivity index (χ2v) is 5.83. The van der Waals surface area contributed by atoms with E-state index in [1.807, 2.05) is 66.7 Å². The Bertz CT molecular complexity index is 828. The zero-order valence-corrected chi connectivity index (χ0v) is 14.6. The highest BCUT2D eigenvalue weighted by molar-refractivity contribution is 5.94. The molecule has 1 N–H and O–H groups in total. The molecule has 0 saturated heterocycles. The number of hydrogen-bond donors (Lipinski definition) is 1.